The minimum atomic E-state index is -0.191. The van der Waals surface area contributed by atoms with E-state index in [0.717, 1.165) is 11.5 Å². The Hall–Kier alpha value is -0.0200. The van der Waals surface area contributed by atoms with Gasteiger partial charge in [0.2, 0.25) is 0 Å². The highest BCUT2D eigenvalue weighted by molar-refractivity contribution is 9.10. The Morgan fingerprint density at radius 2 is 2.23 bits per heavy atom. The second-order valence-corrected chi connectivity index (χ2v) is 4.76. The van der Waals surface area contributed by atoms with Crippen LogP contribution < -0.4 is 0 Å². The van der Waals surface area contributed by atoms with Crippen molar-refractivity contribution in [3.8, 4) is 0 Å². The van der Waals surface area contributed by atoms with Gasteiger partial charge in [-0.2, -0.15) is 11.8 Å². The van der Waals surface area contributed by atoms with E-state index < -0.39 is 0 Å². The molecule has 0 heterocycles. The van der Waals surface area contributed by atoms with Crippen LogP contribution in [0.1, 0.15) is 18.9 Å². The van der Waals surface area contributed by atoms with Crippen molar-refractivity contribution >= 4 is 27.7 Å². The average molecular weight is 263 g/mol. The maximum Gasteiger partial charge on any atom is 0.137 e. The monoisotopic (exact) mass is 262 g/mol. The zero-order chi connectivity index (χ0) is 9.68. The highest BCUT2D eigenvalue weighted by Crippen LogP contribution is 2.20. The van der Waals surface area contributed by atoms with Crippen LogP contribution in [0.3, 0.4) is 0 Å². The van der Waals surface area contributed by atoms with Gasteiger partial charge in [-0.15, -0.1) is 0 Å². The molecule has 0 N–H and O–H groups in total. The fraction of sp³-hybridized carbons (Fsp3) is 0.400. The van der Waals surface area contributed by atoms with Crippen LogP contribution in [0.5, 0.6) is 0 Å². The second kappa shape index (κ2) is 5.66. The molecule has 0 radical (unpaired) electrons. The van der Waals surface area contributed by atoms with E-state index in [1.54, 1.807) is 0 Å². The molecule has 13 heavy (non-hydrogen) atoms. The summed E-state index contributed by atoms with van der Waals surface area (Å²) in [5.74, 6) is 1.94. The smallest absolute Gasteiger partial charge is 0.137 e. The van der Waals surface area contributed by atoms with Gasteiger partial charge in [-0.3, -0.25) is 0 Å². The predicted molar refractivity (Wildman–Crippen MR) is 60.6 cm³/mol. The second-order valence-electron chi connectivity index (χ2n) is 2.80. The van der Waals surface area contributed by atoms with E-state index in [1.807, 2.05) is 23.9 Å². The van der Waals surface area contributed by atoms with E-state index >= 15 is 0 Å². The summed E-state index contributed by atoms with van der Waals surface area (Å²) in [6.45, 7) is 2.16. The van der Waals surface area contributed by atoms with Crippen molar-refractivity contribution in [3.63, 3.8) is 0 Å². The minimum Gasteiger partial charge on any atom is -0.206 e. The van der Waals surface area contributed by atoms with Gasteiger partial charge >= 0.3 is 0 Å². The summed E-state index contributed by atoms with van der Waals surface area (Å²) < 4.78 is 13.4. The fourth-order valence-electron chi connectivity index (χ4n) is 0.964. The molecule has 0 aromatic heterocycles. The Bertz CT molecular complexity index is 276. The maximum absolute atomic E-state index is 12.8. The SMILES string of the molecule is CCCSCc1ccc(F)c(Br)c1. The number of thioether (sulfide) groups is 1. The van der Waals surface area contributed by atoms with Crippen LogP contribution >= 0.6 is 27.7 Å². The van der Waals surface area contributed by atoms with E-state index in [9.17, 15) is 4.39 Å². The molecule has 0 bridgehead atoms. The Kier molecular flexibility index (Phi) is 4.81. The van der Waals surface area contributed by atoms with Crippen molar-refractivity contribution in [1.82, 2.24) is 0 Å². The molecule has 0 atom stereocenters. The topological polar surface area (TPSA) is 0 Å². The van der Waals surface area contributed by atoms with Crippen LogP contribution in [0.2, 0.25) is 0 Å². The van der Waals surface area contributed by atoms with Crippen LogP contribution in [0.25, 0.3) is 0 Å². The van der Waals surface area contributed by atoms with E-state index in [4.69, 9.17) is 0 Å². The first kappa shape index (κ1) is 11.1. The van der Waals surface area contributed by atoms with Crippen LogP contribution in [-0.2, 0) is 5.75 Å². The van der Waals surface area contributed by atoms with E-state index in [1.165, 1.54) is 18.1 Å². The predicted octanol–water partition coefficient (Wildman–Crippen LogP) is 4.23. The Morgan fingerprint density at radius 1 is 1.46 bits per heavy atom. The summed E-state index contributed by atoms with van der Waals surface area (Å²) in [5.41, 5.74) is 1.17. The first-order valence-electron chi connectivity index (χ1n) is 4.25. The van der Waals surface area contributed by atoms with Gasteiger partial charge in [-0.1, -0.05) is 13.0 Å². The highest BCUT2D eigenvalue weighted by Gasteiger charge is 1.99. The lowest BCUT2D eigenvalue weighted by atomic mass is 10.2. The highest BCUT2D eigenvalue weighted by atomic mass is 79.9. The molecule has 1 aromatic rings. The molecule has 0 saturated carbocycles. The van der Waals surface area contributed by atoms with E-state index in [0.29, 0.717) is 4.47 Å². The Balaban J connectivity index is 2.53. The van der Waals surface area contributed by atoms with Crippen molar-refractivity contribution < 1.29 is 4.39 Å². The van der Waals surface area contributed by atoms with Gasteiger partial charge in [-0.25, -0.2) is 4.39 Å². The quantitative estimate of drug-likeness (QED) is 0.732. The molecule has 3 heteroatoms. The van der Waals surface area contributed by atoms with Gasteiger partial charge < -0.3 is 0 Å². The molecule has 0 saturated heterocycles. The third kappa shape index (κ3) is 3.69. The zero-order valence-electron chi connectivity index (χ0n) is 7.52. The van der Waals surface area contributed by atoms with Gasteiger partial charge in [0, 0.05) is 5.75 Å². The van der Waals surface area contributed by atoms with Gasteiger partial charge in [-0.05, 0) is 45.8 Å². The number of rotatable bonds is 4. The lowest BCUT2D eigenvalue weighted by Crippen LogP contribution is -1.84. The number of benzene rings is 1. The third-order valence-corrected chi connectivity index (χ3v) is 3.44. The molecule has 72 valence electrons. The van der Waals surface area contributed by atoms with Gasteiger partial charge in [0.05, 0.1) is 4.47 Å². The molecule has 0 aliphatic rings. The van der Waals surface area contributed by atoms with Crippen molar-refractivity contribution in [2.45, 2.75) is 19.1 Å². The van der Waals surface area contributed by atoms with Gasteiger partial charge in [0.25, 0.3) is 0 Å². The largest absolute Gasteiger partial charge is 0.206 e. The summed E-state index contributed by atoms with van der Waals surface area (Å²) in [6.07, 6.45) is 1.19. The molecule has 1 aromatic carbocycles. The standard InChI is InChI=1S/C10H12BrFS/c1-2-5-13-7-8-3-4-10(12)9(11)6-8/h3-4,6H,2,5,7H2,1H3. The number of halogens is 2. The molecule has 0 fully saturated rings. The molecular weight excluding hydrogens is 251 g/mol. The lowest BCUT2D eigenvalue weighted by molar-refractivity contribution is 0.620. The fourth-order valence-corrected chi connectivity index (χ4v) is 2.24. The first-order chi connectivity index (χ1) is 6.24. The Morgan fingerprint density at radius 3 is 2.85 bits per heavy atom. The summed E-state index contributed by atoms with van der Waals surface area (Å²) in [6, 6.07) is 5.19. The number of hydrogen-bond donors (Lipinski definition) is 0. The maximum atomic E-state index is 12.8. The summed E-state index contributed by atoms with van der Waals surface area (Å²) in [7, 11) is 0. The van der Waals surface area contributed by atoms with Crippen LogP contribution in [0, 0.1) is 5.82 Å². The normalized spacial score (nSPS) is 10.4. The Labute approximate surface area is 91.0 Å². The van der Waals surface area contributed by atoms with Crippen LogP contribution in [0.4, 0.5) is 4.39 Å². The summed E-state index contributed by atoms with van der Waals surface area (Å²) >= 11 is 5.05. The number of hydrogen-bond acceptors (Lipinski definition) is 1. The summed E-state index contributed by atoms with van der Waals surface area (Å²) in [4.78, 5) is 0. The van der Waals surface area contributed by atoms with Gasteiger partial charge in [0.1, 0.15) is 5.82 Å². The van der Waals surface area contributed by atoms with E-state index in [2.05, 4.69) is 22.9 Å². The minimum absolute atomic E-state index is 0.191. The lowest BCUT2D eigenvalue weighted by Gasteiger charge is -2.01. The van der Waals surface area contributed by atoms with Crippen molar-refractivity contribution in [3.05, 3.63) is 34.1 Å². The molecule has 0 spiro atoms. The van der Waals surface area contributed by atoms with E-state index in [-0.39, 0.29) is 5.82 Å². The van der Waals surface area contributed by atoms with Crippen molar-refractivity contribution in [2.24, 2.45) is 0 Å². The molecular formula is C10H12BrFS. The first-order valence-corrected chi connectivity index (χ1v) is 6.20. The van der Waals surface area contributed by atoms with Gasteiger partial charge in [0.15, 0.2) is 0 Å². The molecule has 0 amide bonds. The summed E-state index contributed by atoms with van der Waals surface area (Å²) in [5, 5.41) is 0. The molecule has 0 aliphatic carbocycles. The van der Waals surface area contributed by atoms with Crippen molar-refractivity contribution in [1.29, 1.82) is 0 Å². The molecule has 1 rings (SSSR count). The molecule has 0 aliphatic heterocycles. The third-order valence-electron chi connectivity index (χ3n) is 1.60. The zero-order valence-corrected chi connectivity index (χ0v) is 9.92. The molecule has 0 nitrogen and oxygen atoms in total. The average Bonchev–Trinajstić information content (AvgIpc) is 2.12. The van der Waals surface area contributed by atoms with Crippen LogP contribution in [-0.4, -0.2) is 5.75 Å². The van der Waals surface area contributed by atoms with Crippen molar-refractivity contribution in [2.75, 3.05) is 5.75 Å². The van der Waals surface area contributed by atoms with Crippen LogP contribution in [0.15, 0.2) is 22.7 Å². The molecule has 0 unspecified atom stereocenters.